The van der Waals surface area contributed by atoms with Crippen molar-refractivity contribution in [1.82, 2.24) is 5.32 Å². The van der Waals surface area contributed by atoms with E-state index in [0.29, 0.717) is 18.3 Å². The Morgan fingerprint density at radius 1 is 1.43 bits per heavy atom. The minimum atomic E-state index is -0.401. The van der Waals surface area contributed by atoms with E-state index in [4.69, 9.17) is 4.74 Å². The average Bonchev–Trinajstić information content (AvgIpc) is 2.51. The summed E-state index contributed by atoms with van der Waals surface area (Å²) in [6.07, 6.45) is 3.15. The number of hydrogen-bond donors (Lipinski definition) is 2. The summed E-state index contributed by atoms with van der Waals surface area (Å²) >= 11 is 0. The number of nitro groups is 1. The maximum Gasteiger partial charge on any atom is 0.311 e. The van der Waals surface area contributed by atoms with Gasteiger partial charge in [0, 0.05) is 24.4 Å². The lowest BCUT2D eigenvalue weighted by molar-refractivity contribution is -0.385. The zero-order chi connectivity index (χ0) is 15.1. The first-order chi connectivity index (χ1) is 10.2. The van der Waals surface area contributed by atoms with E-state index in [1.165, 1.54) is 18.9 Å². The predicted molar refractivity (Wildman–Crippen MR) is 83.0 cm³/mol. The van der Waals surface area contributed by atoms with Crippen molar-refractivity contribution in [2.24, 2.45) is 5.92 Å². The number of anilines is 1. The lowest BCUT2D eigenvalue weighted by atomic mass is 9.98. The van der Waals surface area contributed by atoms with E-state index in [1.807, 2.05) is 6.92 Å². The quantitative estimate of drug-likeness (QED) is 0.597. The van der Waals surface area contributed by atoms with Gasteiger partial charge in [0.2, 0.25) is 0 Å². The highest BCUT2D eigenvalue weighted by Gasteiger charge is 2.17. The van der Waals surface area contributed by atoms with Gasteiger partial charge in [0.05, 0.1) is 11.5 Å². The van der Waals surface area contributed by atoms with Gasteiger partial charge in [0.15, 0.2) is 5.75 Å². The van der Waals surface area contributed by atoms with Crippen LogP contribution in [0.2, 0.25) is 0 Å². The van der Waals surface area contributed by atoms with Crippen molar-refractivity contribution in [3.8, 4) is 5.75 Å². The molecule has 1 fully saturated rings. The first-order valence-electron chi connectivity index (χ1n) is 7.56. The van der Waals surface area contributed by atoms with Gasteiger partial charge in [-0.25, -0.2) is 0 Å². The van der Waals surface area contributed by atoms with Crippen LogP contribution < -0.4 is 15.4 Å². The molecule has 0 aromatic heterocycles. The third-order valence-electron chi connectivity index (χ3n) is 3.67. The molecule has 21 heavy (non-hydrogen) atoms. The molecule has 6 nitrogen and oxygen atoms in total. The predicted octanol–water partition coefficient (Wildman–Crippen LogP) is 2.80. The summed E-state index contributed by atoms with van der Waals surface area (Å²) in [4.78, 5) is 10.6. The molecule has 0 amide bonds. The molecule has 0 bridgehead atoms. The van der Waals surface area contributed by atoms with Crippen LogP contribution in [0, 0.1) is 16.0 Å². The molecule has 1 saturated heterocycles. The van der Waals surface area contributed by atoms with E-state index in [-0.39, 0.29) is 5.69 Å². The first kappa shape index (κ1) is 15.6. The number of nitro benzene ring substituents is 1. The van der Waals surface area contributed by atoms with Gasteiger partial charge < -0.3 is 15.4 Å². The van der Waals surface area contributed by atoms with Crippen LogP contribution in [0.3, 0.4) is 0 Å². The molecule has 0 aliphatic carbocycles. The minimum absolute atomic E-state index is 0.0240. The number of piperidine rings is 1. The van der Waals surface area contributed by atoms with Gasteiger partial charge >= 0.3 is 5.69 Å². The van der Waals surface area contributed by atoms with Crippen LogP contribution in [0.25, 0.3) is 0 Å². The molecule has 1 aliphatic heterocycles. The molecule has 1 heterocycles. The summed E-state index contributed by atoms with van der Waals surface area (Å²) in [6, 6.07) is 4.99. The number of ether oxygens (including phenoxy) is 1. The van der Waals surface area contributed by atoms with E-state index < -0.39 is 4.92 Å². The molecule has 1 aliphatic rings. The molecule has 1 aromatic carbocycles. The number of hydrogen-bond acceptors (Lipinski definition) is 5. The average molecular weight is 293 g/mol. The SMILES string of the molecule is CCCOc1cc(NCC2CCNCC2)ccc1[N+](=O)[O-]. The smallest absolute Gasteiger partial charge is 0.311 e. The highest BCUT2D eigenvalue weighted by Crippen LogP contribution is 2.30. The summed E-state index contributed by atoms with van der Waals surface area (Å²) in [7, 11) is 0. The number of rotatable bonds is 7. The van der Waals surface area contributed by atoms with Crippen LogP contribution in [-0.2, 0) is 0 Å². The van der Waals surface area contributed by atoms with Crippen molar-refractivity contribution in [2.75, 3.05) is 31.6 Å². The van der Waals surface area contributed by atoms with Gasteiger partial charge in [-0.1, -0.05) is 6.92 Å². The first-order valence-corrected chi connectivity index (χ1v) is 7.56. The van der Waals surface area contributed by atoms with Crippen molar-refractivity contribution >= 4 is 11.4 Å². The monoisotopic (exact) mass is 293 g/mol. The van der Waals surface area contributed by atoms with Crippen molar-refractivity contribution in [3.05, 3.63) is 28.3 Å². The Hall–Kier alpha value is -1.82. The Kier molecular flexibility index (Phi) is 5.80. The topological polar surface area (TPSA) is 76.4 Å². The number of nitrogens with zero attached hydrogens (tertiary/aromatic N) is 1. The van der Waals surface area contributed by atoms with Crippen molar-refractivity contribution < 1.29 is 9.66 Å². The fourth-order valence-corrected chi connectivity index (χ4v) is 2.45. The standard InChI is InChI=1S/C15H23N3O3/c1-2-9-21-15-10-13(3-4-14(15)18(19)20)17-11-12-5-7-16-8-6-12/h3-4,10,12,16-17H,2,5-9,11H2,1H3. The number of benzene rings is 1. The lowest BCUT2D eigenvalue weighted by Crippen LogP contribution is -2.31. The molecule has 0 radical (unpaired) electrons. The Labute approximate surface area is 125 Å². The van der Waals surface area contributed by atoms with Gasteiger partial charge in [-0.3, -0.25) is 10.1 Å². The van der Waals surface area contributed by atoms with Crippen LogP contribution in [0.4, 0.5) is 11.4 Å². The molecule has 0 unspecified atom stereocenters. The van der Waals surface area contributed by atoms with E-state index in [0.717, 1.165) is 31.7 Å². The molecule has 0 saturated carbocycles. The Balaban J connectivity index is 2.00. The largest absolute Gasteiger partial charge is 0.487 e. The Bertz CT molecular complexity index is 473. The fourth-order valence-electron chi connectivity index (χ4n) is 2.45. The maximum absolute atomic E-state index is 11.0. The van der Waals surface area contributed by atoms with Crippen LogP contribution in [0.1, 0.15) is 26.2 Å². The van der Waals surface area contributed by atoms with Crippen molar-refractivity contribution in [3.63, 3.8) is 0 Å². The second-order valence-corrected chi connectivity index (χ2v) is 5.36. The van der Waals surface area contributed by atoms with Crippen LogP contribution in [-0.4, -0.2) is 31.2 Å². The lowest BCUT2D eigenvalue weighted by Gasteiger charge is -2.23. The van der Waals surface area contributed by atoms with Gasteiger partial charge in [-0.2, -0.15) is 0 Å². The fraction of sp³-hybridized carbons (Fsp3) is 0.600. The van der Waals surface area contributed by atoms with Crippen molar-refractivity contribution in [1.29, 1.82) is 0 Å². The summed E-state index contributed by atoms with van der Waals surface area (Å²) in [5, 5.41) is 17.7. The van der Waals surface area contributed by atoms with Gasteiger partial charge in [0.25, 0.3) is 0 Å². The molecule has 2 rings (SSSR count). The minimum Gasteiger partial charge on any atom is -0.487 e. The number of nitrogens with one attached hydrogen (secondary N) is 2. The molecule has 2 N–H and O–H groups in total. The van der Waals surface area contributed by atoms with Gasteiger partial charge in [-0.15, -0.1) is 0 Å². The molecule has 0 spiro atoms. The van der Waals surface area contributed by atoms with Crippen LogP contribution in [0.15, 0.2) is 18.2 Å². The van der Waals surface area contributed by atoms with Crippen LogP contribution in [0.5, 0.6) is 5.75 Å². The zero-order valence-corrected chi connectivity index (χ0v) is 12.4. The van der Waals surface area contributed by atoms with Crippen LogP contribution >= 0.6 is 0 Å². The van der Waals surface area contributed by atoms with E-state index in [1.54, 1.807) is 12.1 Å². The molecule has 1 aromatic rings. The molecule has 116 valence electrons. The molecule has 0 atom stereocenters. The summed E-state index contributed by atoms with van der Waals surface area (Å²) < 4.78 is 5.49. The normalized spacial score (nSPS) is 15.7. The van der Waals surface area contributed by atoms with Crippen molar-refractivity contribution in [2.45, 2.75) is 26.2 Å². The molecule has 6 heteroatoms. The third kappa shape index (κ3) is 4.60. The second-order valence-electron chi connectivity index (χ2n) is 5.36. The molecular formula is C15H23N3O3. The zero-order valence-electron chi connectivity index (χ0n) is 12.4. The summed E-state index contributed by atoms with van der Waals surface area (Å²) in [5.74, 6) is 0.999. The van der Waals surface area contributed by atoms with E-state index in [2.05, 4.69) is 10.6 Å². The van der Waals surface area contributed by atoms with E-state index in [9.17, 15) is 10.1 Å². The highest BCUT2D eigenvalue weighted by molar-refractivity contribution is 5.58. The Morgan fingerprint density at radius 2 is 2.19 bits per heavy atom. The molecular weight excluding hydrogens is 270 g/mol. The van der Waals surface area contributed by atoms with E-state index >= 15 is 0 Å². The van der Waals surface area contributed by atoms with Gasteiger partial charge in [-0.05, 0) is 44.3 Å². The van der Waals surface area contributed by atoms with Gasteiger partial charge in [0.1, 0.15) is 0 Å². The Morgan fingerprint density at radius 3 is 2.86 bits per heavy atom. The summed E-state index contributed by atoms with van der Waals surface area (Å²) in [6.45, 7) is 5.49. The second kappa shape index (κ2) is 7.83. The maximum atomic E-state index is 11.0. The highest BCUT2D eigenvalue weighted by atomic mass is 16.6. The third-order valence-corrected chi connectivity index (χ3v) is 3.67. The summed E-state index contributed by atoms with van der Waals surface area (Å²) in [5.41, 5.74) is 0.904.